The summed E-state index contributed by atoms with van der Waals surface area (Å²) in [5, 5.41) is 3.23. The summed E-state index contributed by atoms with van der Waals surface area (Å²) in [6.45, 7) is 7.74. The lowest BCUT2D eigenvalue weighted by Crippen LogP contribution is -2.24. The number of nitrogens with zero attached hydrogens (tertiary/aromatic N) is 1. The minimum absolute atomic E-state index is 0.775. The van der Waals surface area contributed by atoms with Crippen molar-refractivity contribution in [3.05, 3.63) is 35.4 Å². The van der Waals surface area contributed by atoms with Crippen molar-refractivity contribution in [2.45, 2.75) is 33.4 Å². The average Bonchev–Trinajstić information content (AvgIpc) is 2.31. The van der Waals surface area contributed by atoms with E-state index in [1.165, 1.54) is 24.1 Å². The molecule has 1 unspecified atom stereocenters. The monoisotopic (exact) mass is 234 g/mol. The Balaban J connectivity index is 2.60. The first kappa shape index (κ1) is 14.2. The van der Waals surface area contributed by atoms with Crippen molar-refractivity contribution in [3.63, 3.8) is 0 Å². The van der Waals surface area contributed by atoms with Gasteiger partial charge < -0.3 is 10.2 Å². The highest BCUT2D eigenvalue weighted by molar-refractivity contribution is 5.26. The SMILES string of the molecule is CCC(C)CN(C)Cc1ccccc1CNC. The highest BCUT2D eigenvalue weighted by Gasteiger charge is 2.07. The number of hydrogen-bond donors (Lipinski definition) is 1. The van der Waals surface area contributed by atoms with Crippen LogP contribution in [-0.2, 0) is 13.1 Å². The molecule has 2 nitrogen and oxygen atoms in total. The predicted molar refractivity (Wildman–Crippen MR) is 75.0 cm³/mol. The topological polar surface area (TPSA) is 15.3 Å². The maximum atomic E-state index is 3.23. The Bertz CT molecular complexity index is 322. The lowest BCUT2D eigenvalue weighted by molar-refractivity contribution is 0.274. The van der Waals surface area contributed by atoms with E-state index in [0.29, 0.717) is 0 Å². The first-order chi connectivity index (χ1) is 8.17. The molecule has 0 heterocycles. The Labute approximate surface area is 106 Å². The molecule has 2 heteroatoms. The van der Waals surface area contributed by atoms with Crippen molar-refractivity contribution in [2.75, 3.05) is 20.6 Å². The van der Waals surface area contributed by atoms with E-state index in [-0.39, 0.29) is 0 Å². The van der Waals surface area contributed by atoms with Gasteiger partial charge in [-0.15, -0.1) is 0 Å². The second-order valence-electron chi connectivity index (χ2n) is 5.01. The molecule has 0 fully saturated rings. The second-order valence-corrected chi connectivity index (χ2v) is 5.01. The normalized spacial score (nSPS) is 13.0. The zero-order chi connectivity index (χ0) is 12.7. The van der Waals surface area contributed by atoms with Crippen molar-refractivity contribution in [1.82, 2.24) is 10.2 Å². The van der Waals surface area contributed by atoms with Crippen LogP contribution in [0.2, 0.25) is 0 Å². The summed E-state index contributed by atoms with van der Waals surface area (Å²) in [4.78, 5) is 2.42. The van der Waals surface area contributed by atoms with Gasteiger partial charge in [-0.2, -0.15) is 0 Å². The number of hydrogen-bond acceptors (Lipinski definition) is 2. The average molecular weight is 234 g/mol. The van der Waals surface area contributed by atoms with Crippen LogP contribution < -0.4 is 5.32 Å². The summed E-state index contributed by atoms with van der Waals surface area (Å²) < 4.78 is 0. The van der Waals surface area contributed by atoms with Crippen LogP contribution in [-0.4, -0.2) is 25.5 Å². The molecule has 0 aromatic heterocycles. The summed E-state index contributed by atoms with van der Waals surface area (Å²) in [7, 11) is 4.21. The van der Waals surface area contributed by atoms with Crippen LogP contribution in [0.3, 0.4) is 0 Å². The van der Waals surface area contributed by atoms with E-state index >= 15 is 0 Å². The van der Waals surface area contributed by atoms with Crippen molar-refractivity contribution in [2.24, 2.45) is 5.92 Å². The van der Waals surface area contributed by atoms with Crippen LogP contribution >= 0.6 is 0 Å². The Kier molecular flexibility index (Phi) is 6.23. The first-order valence-corrected chi connectivity index (χ1v) is 6.57. The van der Waals surface area contributed by atoms with Gasteiger partial charge in [-0.25, -0.2) is 0 Å². The zero-order valence-electron chi connectivity index (χ0n) is 11.7. The molecule has 0 aliphatic rings. The second kappa shape index (κ2) is 7.46. The molecule has 1 rings (SSSR count). The van der Waals surface area contributed by atoms with Gasteiger partial charge in [0.1, 0.15) is 0 Å². The maximum absolute atomic E-state index is 3.23. The number of nitrogens with one attached hydrogen (secondary N) is 1. The van der Waals surface area contributed by atoms with Gasteiger partial charge in [-0.1, -0.05) is 44.5 Å². The Morgan fingerprint density at radius 2 is 1.88 bits per heavy atom. The third-order valence-electron chi connectivity index (χ3n) is 3.25. The van der Waals surface area contributed by atoms with Gasteiger partial charge in [-0.05, 0) is 31.1 Å². The van der Waals surface area contributed by atoms with Crippen LogP contribution in [0.5, 0.6) is 0 Å². The van der Waals surface area contributed by atoms with E-state index < -0.39 is 0 Å². The third-order valence-corrected chi connectivity index (χ3v) is 3.25. The van der Waals surface area contributed by atoms with Crippen LogP contribution in [0, 0.1) is 5.92 Å². The molecule has 0 amide bonds. The Morgan fingerprint density at radius 1 is 1.24 bits per heavy atom. The fraction of sp³-hybridized carbons (Fsp3) is 0.600. The summed E-state index contributed by atoms with van der Waals surface area (Å²) in [6.07, 6.45) is 1.25. The van der Waals surface area contributed by atoms with E-state index in [4.69, 9.17) is 0 Å². The van der Waals surface area contributed by atoms with Gasteiger partial charge in [-0.3, -0.25) is 0 Å². The number of rotatable bonds is 7. The van der Waals surface area contributed by atoms with E-state index in [1.54, 1.807) is 0 Å². The van der Waals surface area contributed by atoms with Gasteiger partial charge >= 0.3 is 0 Å². The molecular formula is C15H26N2. The standard InChI is InChI=1S/C15H26N2/c1-5-13(2)11-17(4)12-15-9-7-6-8-14(15)10-16-3/h6-9,13,16H,5,10-12H2,1-4H3. The minimum Gasteiger partial charge on any atom is -0.316 e. The summed E-state index contributed by atoms with van der Waals surface area (Å²) in [5.41, 5.74) is 2.85. The smallest absolute Gasteiger partial charge is 0.0234 e. The number of benzene rings is 1. The van der Waals surface area contributed by atoms with Gasteiger partial charge in [0.2, 0.25) is 0 Å². The highest BCUT2D eigenvalue weighted by Crippen LogP contribution is 2.12. The molecule has 1 aromatic carbocycles. The fourth-order valence-electron chi connectivity index (χ4n) is 2.09. The fourth-order valence-corrected chi connectivity index (χ4v) is 2.09. The lowest BCUT2D eigenvalue weighted by Gasteiger charge is -2.21. The van der Waals surface area contributed by atoms with Crippen molar-refractivity contribution >= 4 is 0 Å². The predicted octanol–water partition coefficient (Wildman–Crippen LogP) is 2.88. The molecule has 1 N–H and O–H groups in total. The molecule has 0 aliphatic carbocycles. The molecule has 0 saturated heterocycles. The third kappa shape index (κ3) is 4.88. The van der Waals surface area contributed by atoms with Crippen LogP contribution in [0.1, 0.15) is 31.4 Å². The molecule has 17 heavy (non-hydrogen) atoms. The van der Waals surface area contributed by atoms with E-state index in [0.717, 1.165) is 19.0 Å². The molecule has 0 bridgehead atoms. The molecule has 1 atom stereocenters. The minimum atomic E-state index is 0.775. The maximum Gasteiger partial charge on any atom is 0.0234 e. The molecule has 0 radical (unpaired) electrons. The molecule has 1 aromatic rings. The summed E-state index contributed by atoms with van der Waals surface area (Å²) in [5.74, 6) is 0.775. The quantitative estimate of drug-likeness (QED) is 0.780. The van der Waals surface area contributed by atoms with E-state index in [1.807, 2.05) is 7.05 Å². The van der Waals surface area contributed by atoms with E-state index in [2.05, 4.69) is 55.4 Å². The van der Waals surface area contributed by atoms with Crippen LogP contribution in [0.4, 0.5) is 0 Å². The Morgan fingerprint density at radius 3 is 2.47 bits per heavy atom. The summed E-state index contributed by atoms with van der Waals surface area (Å²) >= 11 is 0. The van der Waals surface area contributed by atoms with Crippen molar-refractivity contribution in [3.8, 4) is 0 Å². The lowest BCUT2D eigenvalue weighted by atomic mass is 10.1. The molecule has 0 aliphatic heterocycles. The van der Waals surface area contributed by atoms with Crippen LogP contribution in [0.25, 0.3) is 0 Å². The molecular weight excluding hydrogens is 208 g/mol. The van der Waals surface area contributed by atoms with Crippen LogP contribution in [0.15, 0.2) is 24.3 Å². The van der Waals surface area contributed by atoms with Gasteiger partial charge in [0, 0.05) is 19.6 Å². The van der Waals surface area contributed by atoms with E-state index in [9.17, 15) is 0 Å². The zero-order valence-corrected chi connectivity index (χ0v) is 11.7. The van der Waals surface area contributed by atoms with Crippen molar-refractivity contribution in [1.29, 1.82) is 0 Å². The van der Waals surface area contributed by atoms with Gasteiger partial charge in [0.25, 0.3) is 0 Å². The van der Waals surface area contributed by atoms with Crippen molar-refractivity contribution < 1.29 is 0 Å². The first-order valence-electron chi connectivity index (χ1n) is 6.57. The van der Waals surface area contributed by atoms with Gasteiger partial charge in [0.15, 0.2) is 0 Å². The largest absolute Gasteiger partial charge is 0.316 e. The molecule has 96 valence electrons. The summed E-state index contributed by atoms with van der Waals surface area (Å²) in [6, 6.07) is 8.69. The Hall–Kier alpha value is -0.860. The van der Waals surface area contributed by atoms with Gasteiger partial charge in [0.05, 0.1) is 0 Å². The molecule has 0 spiro atoms. The molecule has 0 saturated carbocycles. The highest BCUT2D eigenvalue weighted by atomic mass is 15.1.